The zero-order valence-electron chi connectivity index (χ0n) is 16.6. The summed E-state index contributed by atoms with van der Waals surface area (Å²) in [5, 5.41) is 22.3. The molecule has 1 aromatic carbocycles. The number of anilines is 1. The number of amides is 1. The molecule has 9 nitrogen and oxygen atoms in total. The van der Waals surface area contributed by atoms with Gasteiger partial charge in [-0.3, -0.25) is 9.78 Å². The molecule has 0 aliphatic heterocycles. The Balaban J connectivity index is 2.27. The van der Waals surface area contributed by atoms with Gasteiger partial charge in [-0.2, -0.15) is 0 Å². The lowest BCUT2D eigenvalue weighted by molar-refractivity contribution is -0.485. The minimum Gasteiger partial charge on any atom is -0.332 e. The van der Waals surface area contributed by atoms with Gasteiger partial charge in [0, 0.05) is 6.20 Å². The summed E-state index contributed by atoms with van der Waals surface area (Å²) in [5.41, 5.74) is 0.388. The van der Waals surface area contributed by atoms with Gasteiger partial charge in [0.25, 0.3) is 11.9 Å². The van der Waals surface area contributed by atoms with Crippen molar-refractivity contribution in [1.29, 1.82) is 0 Å². The molecule has 158 valence electrons. The quantitative estimate of drug-likeness (QED) is 0.147. The number of carbonyl (C=O) groups is 1. The van der Waals surface area contributed by atoms with E-state index in [9.17, 15) is 14.9 Å². The molecule has 1 aromatic heterocycles. The molecular weight excluding hydrogens is 408 g/mol. The van der Waals surface area contributed by atoms with E-state index >= 15 is 0 Å². The number of nitro groups is 1. The fourth-order valence-electron chi connectivity index (χ4n) is 2.54. The van der Waals surface area contributed by atoms with E-state index < -0.39 is 17.1 Å². The summed E-state index contributed by atoms with van der Waals surface area (Å²) >= 11 is 6.12. The average molecular weight is 431 g/mol. The Bertz CT molecular complexity index is 933. The second-order valence-electron chi connectivity index (χ2n) is 7.10. The van der Waals surface area contributed by atoms with Crippen LogP contribution in [0.4, 0.5) is 5.69 Å². The van der Waals surface area contributed by atoms with Crippen LogP contribution in [0.3, 0.4) is 0 Å². The van der Waals surface area contributed by atoms with Crippen LogP contribution in [0.2, 0.25) is 5.02 Å². The predicted molar refractivity (Wildman–Crippen MR) is 117 cm³/mol. The van der Waals surface area contributed by atoms with Gasteiger partial charge in [-0.25, -0.2) is 10.1 Å². The number of hydrazone groups is 1. The molecule has 0 fully saturated rings. The van der Waals surface area contributed by atoms with Gasteiger partial charge in [-0.1, -0.05) is 43.7 Å². The number of guanidine groups is 1. The number of benzene rings is 1. The fraction of sp³-hybridized carbons (Fsp3) is 0.250. The first kappa shape index (κ1) is 22.8. The van der Waals surface area contributed by atoms with Crippen LogP contribution < -0.4 is 16.0 Å². The molecule has 1 unspecified atom stereocenters. The van der Waals surface area contributed by atoms with Crippen LogP contribution in [-0.2, 0) is 0 Å². The molecule has 10 heteroatoms. The molecule has 1 amide bonds. The maximum Gasteiger partial charge on any atom is 0.274 e. The highest BCUT2D eigenvalue weighted by Gasteiger charge is 2.25. The normalized spacial score (nSPS) is 12.6. The smallest absolute Gasteiger partial charge is 0.274 e. The maximum atomic E-state index is 12.7. The molecular formula is C20H23ClN6O3. The SMILES string of the molecule is C=CC(C)(C)CC(NC(=O)c1ccccc1Cl)NC(=N[N+](=O)[O-])Nc1cccnc1. The number of nitrogens with one attached hydrogen (secondary N) is 3. The number of nitrogens with zero attached hydrogens (tertiary/aromatic N) is 3. The second-order valence-corrected chi connectivity index (χ2v) is 7.51. The standard InChI is InChI=1S/C20H23ClN6O3/c1-4-20(2,3)12-17(24-18(28)15-9-5-6-10-16(15)21)25-19(26-27(29)30)23-14-8-7-11-22-13-14/h4-11,13,17H,1,12H2,2-3H3,(H,24,28)(H2,23,25,26). The van der Waals surface area contributed by atoms with Crippen molar-refractivity contribution in [3.8, 4) is 0 Å². The molecule has 0 saturated carbocycles. The van der Waals surface area contributed by atoms with E-state index in [4.69, 9.17) is 11.6 Å². The van der Waals surface area contributed by atoms with Crippen molar-refractivity contribution < 1.29 is 9.83 Å². The van der Waals surface area contributed by atoms with Crippen molar-refractivity contribution in [2.45, 2.75) is 26.4 Å². The van der Waals surface area contributed by atoms with Crippen molar-refractivity contribution in [3.63, 3.8) is 0 Å². The van der Waals surface area contributed by atoms with Crippen LogP contribution in [0.5, 0.6) is 0 Å². The van der Waals surface area contributed by atoms with E-state index in [1.54, 1.807) is 48.7 Å². The van der Waals surface area contributed by atoms with Crippen molar-refractivity contribution in [2.24, 2.45) is 10.5 Å². The maximum absolute atomic E-state index is 12.7. The summed E-state index contributed by atoms with van der Waals surface area (Å²) in [5.74, 6) is -0.586. The Kier molecular flexibility index (Phi) is 7.88. The average Bonchev–Trinajstić information content (AvgIpc) is 2.68. The van der Waals surface area contributed by atoms with Gasteiger partial charge < -0.3 is 16.0 Å². The third-order valence-electron chi connectivity index (χ3n) is 4.12. The highest BCUT2D eigenvalue weighted by Crippen LogP contribution is 2.23. The third-order valence-corrected chi connectivity index (χ3v) is 4.45. The third kappa shape index (κ3) is 7.17. The van der Waals surface area contributed by atoms with E-state index in [-0.39, 0.29) is 16.9 Å². The Hall–Kier alpha value is -3.46. The van der Waals surface area contributed by atoms with Gasteiger partial charge in [0.05, 0.1) is 22.5 Å². The number of hydrogen-bond acceptors (Lipinski definition) is 4. The highest BCUT2D eigenvalue weighted by atomic mass is 35.5. The molecule has 0 aliphatic carbocycles. The molecule has 1 heterocycles. The van der Waals surface area contributed by atoms with Crippen LogP contribution >= 0.6 is 11.6 Å². The second kappa shape index (κ2) is 10.4. The molecule has 0 aliphatic rings. The van der Waals surface area contributed by atoms with E-state index in [0.29, 0.717) is 17.1 Å². The molecule has 2 rings (SSSR count). The van der Waals surface area contributed by atoms with Crippen LogP contribution in [0.15, 0.2) is 66.5 Å². The van der Waals surface area contributed by atoms with Gasteiger partial charge in [0.1, 0.15) is 11.3 Å². The summed E-state index contributed by atoms with van der Waals surface area (Å²) in [7, 11) is 0. The molecule has 2 aromatic rings. The number of aromatic nitrogens is 1. The van der Waals surface area contributed by atoms with E-state index in [1.165, 1.54) is 6.20 Å². The summed E-state index contributed by atoms with van der Waals surface area (Å²) in [6, 6.07) is 9.96. The monoisotopic (exact) mass is 430 g/mol. The van der Waals surface area contributed by atoms with Crippen molar-refractivity contribution in [3.05, 3.63) is 82.1 Å². The zero-order valence-corrected chi connectivity index (χ0v) is 17.4. The van der Waals surface area contributed by atoms with Gasteiger partial charge in [-0.15, -0.1) is 6.58 Å². The number of hydrogen-bond donors (Lipinski definition) is 3. The molecule has 0 radical (unpaired) electrons. The first-order valence-corrected chi connectivity index (χ1v) is 9.43. The van der Waals surface area contributed by atoms with Crippen LogP contribution in [0.25, 0.3) is 0 Å². The number of carbonyl (C=O) groups excluding carboxylic acids is 1. The first-order valence-electron chi connectivity index (χ1n) is 9.06. The summed E-state index contributed by atoms with van der Waals surface area (Å²) in [4.78, 5) is 27.7. The van der Waals surface area contributed by atoms with Crippen molar-refractivity contribution in [2.75, 3.05) is 5.32 Å². The van der Waals surface area contributed by atoms with Gasteiger partial charge >= 0.3 is 0 Å². The van der Waals surface area contributed by atoms with Gasteiger partial charge in [-0.05, 0) is 36.1 Å². The van der Waals surface area contributed by atoms with E-state index in [0.717, 1.165) is 0 Å². The summed E-state index contributed by atoms with van der Waals surface area (Å²) in [6.07, 6.45) is 4.45. The van der Waals surface area contributed by atoms with Crippen LogP contribution in [0.1, 0.15) is 30.6 Å². The number of allylic oxidation sites excluding steroid dienone is 1. The lowest BCUT2D eigenvalue weighted by atomic mass is 9.88. The van der Waals surface area contributed by atoms with Gasteiger partial charge in [0.15, 0.2) is 5.03 Å². The lowest BCUT2D eigenvalue weighted by Gasteiger charge is -2.29. The molecule has 0 spiro atoms. The number of pyridine rings is 1. The van der Waals surface area contributed by atoms with E-state index in [1.807, 2.05) is 13.8 Å². The molecule has 0 bridgehead atoms. The van der Waals surface area contributed by atoms with Crippen molar-refractivity contribution in [1.82, 2.24) is 15.6 Å². The molecule has 3 N–H and O–H groups in total. The highest BCUT2D eigenvalue weighted by molar-refractivity contribution is 6.33. The topological polar surface area (TPSA) is 122 Å². The number of rotatable bonds is 8. The summed E-state index contributed by atoms with van der Waals surface area (Å²) in [6.45, 7) is 7.66. The fourth-order valence-corrected chi connectivity index (χ4v) is 2.76. The Morgan fingerprint density at radius 1 is 1.33 bits per heavy atom. The van der Waals surface area contributed by atoms with E-state index in [2.05, 4.69) is 32.6 Å². The molecule has 0 saturated heterocycles. The van der Waals surface area contributed by atoms with Crippen molar-refractivity contribution >= 4 is 29.2 Å². The first-order chi connectivity index (χ1) is 14.2. The number of halogens is 1. The van der Waals surface area contributed by atoms with Gasteiger partial charge in [0.2, 0.25) is 0 Å². The van der Waals surface area contributed by atoms with Crippen LogP contribution in [0, 0.1) is 15.5 Å². The Morgan fingerprint density at radius 2 is 2.07 bits per heavy atom. The minimum atomic E-state index is -0.836. The molecule has 30 heavy (non-hydrogen) atoms. The lowest BCUT2D eigenvalue weighted by Crippen LogP contribution is -2.51. The summed E-state index contributed by atoms with van der Waals surface area (Å²) < 4.78 is 0. The largest absolute Gasteiger partial charge is 0.332 e. The predicted octanol–water partition coefficient (Wildman–Crippen LogP) is 3.64. The minimum absolute atomic E-state index is 0.155. The Morgan fingerprint density at radius 3 is 2.67 bits per heavy atom. The Labute approximate surface area is 179 Å². The van der Waals surface area contributed by atoms with Crippen LogP contribution in [-0.4, -0.2) is 28.0 Å². The zero-order chi connectivity index (χ0) is 22.1. The molecule has 1 atom stereocenters.